The van der Waals surface area contributed by atoms with Crippen molar-refractivity contribution in [2.75, 3.05) is 14.2 Å². The third-order valence-corrected chi connectivity index (χ3v) is 6.84. The molecule has 43 heavy (non-hydrogen) atoms. The first-order chi connectivity index (χ1) is 21.0. The van der Waals surface area contributed by atoms with Crippen LogP contribution in [0.2, 0.25) is 0 Å². The molecule has 6 rings (SSSR count). The third kappa shape index (κ3) is 5.29. The van der Waals surface area contributed by atoms with E-state index >= 15 is 0 Å². The van der Waals surface area contributed by atoms with Crippen molar-refractivity contribution < 1.29 is 28.5 Å². The number of benzene rings is 4. The molecule has 0 aliphatic heterocycles. The van der Waals surface area contributed by atoms with Gasteiger partial charge in [0.1, 0.15) is 17.9 Å². The van der Waals surface area contributed by atoms with E-state index in [1.807, 2.05) is 24.3 Å². The molecule has 0 amide bonds. The molecule has 2 heterocycles. The molecule has 0 saturated heterocycles. The van der Waals surface area contributed by atoms with Crippen LogP contribution in [0.25, 0.3) is 33.5 Å². The second kappa shape index (κ2) is 11.5. The lowest BCUT2D eigenvalue weighted by molar-refractivity contribution is 0.0697. The summed E-state index contributed by atoms with van der Waals surface area (Å²) in [4.78, 5) is 29.7. The van der Waals surface area contributed by atoms with Gasteiger partial charge < -0.3 is 23.7 Å². The van der Waals surface area contributed by atoms with Gasteiger partial charge in [0.05, 0.1) is 42.3 Å². The quantitative estimate of drug-likeness (QED) is 0.209. The van der Waals surface area contributed by atoms with Gasteiger partial charge in [-0.25, -0.2) is 9.78 Å². The second-order valence-corrected chi connectivity index (χ2v) is 9.47. The monoisotopic (exact) mass is 575 g/mol. The van der Waals surface area contributed by atoms with Crippen LogP contribution in [-0.2, 0) is 6.61 Å². The lowest BCUT2D eigenvalue weighted by Gasteiger charge is -2.13. The van der Waals surface area contributed by atoms with Gasteiger partial charge in [0.15, 0.2) is 17.3 Å². The fourth-order valence-electron chi connectivity index (χ4n) is 4.68. The van der Waals surface area contributed by atoms with Crippen molar-refractivity contribution in [2.45, 2.75) is 6.61 Å². The molecule has 10 heteroatoms. The first-order valence-electron chi connectivity index (χ1n) is 13.2. The van der Waals surface area contributed by atoms with Crippen molar-refractivity contribution >= 4 is 34.1 Å². The molecule has 214 valence electrons. The molecule has 0 unspecified atom stereocenters. The zero-order valence-electron chi connectivity index (χ0n) is 23.2. The fraction of sp³-hybridized carbons (Fsp3) is 0.0909. The number of aromatic nitrogens is 2. The summed E-state index contributed by atoms with van der Waals surface area (Å²) in [5.41, 5.74) is 2.18. The van der Waals surface area contributed by atoms with Crippen LogP contribution in [0.15, 0.2) is 105 Å². The number of fused-ring (bicyclic) bond motifs is 2. The number of carboxylic acids is 1. The Morgan fingerprint density at radius 1 is 0.930 bits per heavy atom. The van der Waals surface area contributed by atoms with E-state index in [4.69, 9.17) is 28.7 Å². The maximum Gasteiger partial charge on any atom is 0.335 e. The molecule has 1 N–H and O–H groups in total. The van der Waals surface area contributed by atoms with E-state index < -0.39 is 5.97 Å². The topological polar surface area (TPSA) is 125 Å². The van der Waals surface area contributed by atoms with Crippen molar-refractivity contribution in [2.24, 2.45) is 5.10 Å². The van der Waals surface area contributed by atoms with Crippen molar-refractivity contribution in [3.8, 4) is 28.8 Å². The van der Waals surface area contributed by atoms with Gasteiger partial charge in [0.25, 0.3) is 5.56 Å². The number of para-hydroxylation sites is 2. The number of rotatable bonds is 9. The summed E-state index contributed by atoms with van der Waals surface area (Å²) in [7, 11) is 3.10. The Bertz CT molecular complexity index is 2060. The maximum absolute atomic E-state index is 13.7. The van der Waals surface area contributed by atoms with E-state index in [1.165, 1.54) is 30.1 Å². The van der Waals surface area contributed by atoms with Gasteiger partial charge in [-0.05, 0) is 60.2 Å². The number of furan rings is 1. The van der Waals surface area contributed by atoms with Gasteiger partial charge in [-0.15, -0.1) is 0 Å². The maximum atomic E-state index is 13.7. The van der Waals surface area contributed by atoms with E-state index in [0.29, 0.717) is 45.1 Å². The molecular weight excluding hydrogens is 550 g/mol. The SMILES string of the molecule is COc1cccc(C=Nn2c(-c3cc4c(OC)cccc4o3)nc3ccccc3c2=O)c1OCc1ccc(C(=O)O)cc1. The summed E-state index contributed by atoms with van der Waals surface area (Å²) in [6.45, 7) is 0.144. The minimum absolute atomic E-state index is 0.144. The Morgan fingerprint density at radius 2 is 1.67 bits per heavy atom. The predicted molar refractivity (Wildman–Crippen MR) is 161 cm³/mol. The zero-order chi connectivity index (χ0) is 29.9. The first kappa shape index (κ1) is 27.3. The van der Waals surface area contributed by atoms with Crippen molar-refractivity contribution in [3.63, 3.8) is 0 Å². The molecular formula is C33H25N3O7. The molecule has 10 nitrogen and oxygen atoms in total. The van der Waals surface area contributed by atoms with Crippen molar-refractivity contribution in [3.05, 3.63) is 118 Å². The number of carbonyl (C=O) groups is 1. The molecule has 2 aromatic heterocycles. The number of nitrogens with zero attached hydrogens (tertiary/aromatic N) is 3. The standard InChI is InChI=1S/C33H25N3O7/c1-40-26-10-6-11-27-24(26)17-29(43-27)31-35-25-9-4-3-8-23(25)32(37)36(31)34-18-22-7-5-12-28(41-2)30(22)42-19-20-13-15-21(16-14-20)33(38)39/h3-18H,19H2,1-2H3,(H,38,39). The van der Waals surface area contributed by atoms with Crippen LogP contribution < -0.4 is 19.8 Å². The van der Waals surface area contributed by atoms with E-state index in [-0.39, 0.29) is 23.6 Å². The lowest BCUT2D eigenvalue weighted by atomic mass is 10.1. The van der Waals surface area contributed by atoms with E-state index in [0.717, 1.165) is 10.9 Å². The Balaban J connectivity index is 1.43. The second-order valence-electron chi connectivity index (χ2n) is 9.47. The van der Waals surface area contributed by atoms with Gasteiger partial charge in [-0.2, -0.15) is 9.78 Å². The van der Waals surface area contributed by atoms with Gasteiger partial charge in [-0.1, -0.05) is 36.4 Å². The van der Waals surface area contributed by atoms with Gasteiger partial charge >= 0.3 is 5.97 Å². The zero-order valence-corrected chi connectivity index (χ0v) is 23.2. The molecule has 0 aliphatic carbocycles. The van der Waals surface area contributed by atoms with Crippen LogP contribution in [0, 0.1) is 0 Å². The smallest absolute Gasteiger partial charge is 0.335 e. The average Bonchev–Trinajstić information content (AvgIpc) is 3.48. The third-order valence-electron chi connectivity index (χ3n) is 6.84. The number of hydrogen-bond donors (Lipinski definition) is 1. The Hall–Kier alpha value is -5.90. The van der Waals surface area contributed by atoms with E-state index in [9.17, 15) is 9.59 Å². The molecule has 0 bridgehead atoms. The van der Waals surface area contributed by atoms with E-state index in [1.54, 1.807) is 61.7 Å². The number of hydrogen-bond acceptors (Lipinski definition) is 8. The van der Waals surface area contributed by atoms with Crippen LogP contribution in [0.4, 0.5) is 0 Å². The molecule has 4 aromatic carbocycles. The number of ether oxygens (including phenoxy) is 3. The highest BCUT2D eigenvalue weighted by Crippen LogP contribution is 2.34. The van der Waals surface area contributed by atoms with Crippen LogP contribution in [0.5, 0.6) is 17.2 Å². The largest absolute Gasteiger partial charge is 0.496 e. The highest BCUT2D eigenvalue weighted by Gasteiger charge is 2.18. The average molecular weight is 576 g/mol. The van der Waals surface area contributed by atoms with Crippen molar-refractivity contribution in [1.82, 2.24) is 9.66 Å². The number of aromatic carboxylic acids is 1. The van der Waals surface area contributed by atoms with Crippen LogP contribution in [0.1, 0.15) is 21.5 Å². The number of methoxy groups -OCH3 is 2. The summed E-state index contributed by atoms with van der Waals surface area (Å²) in [6, 6.07) is 25.9. The summed E-state index contributed by atoms with van der Waals surface area (Å²) in [6.07, 6.45) is 1.50. The molecule has 0 saturated carbocycles. The normalized spacial score (nSPS) is 11.3. The summed E-state index contributed by atoms with van der Waals surface area (Å²) in [5.74, 6) is 1.03. The van der Waals surface area contributed by atoms with Crippen LogP contribution in [0.3, 0.4) is 0 Å². The van der Waals surface area contributed by atoms with Gasteiger partial charge in [-0.3, -0.25) is 4.79 Å². The molecule has 0 radical (unpaired) electrons. The minimum Gasteiger partial charge on any atom is -0.496 e. The molecule has 6 aromatic rings. The Labute approximate surface area is 245 Å². The summed E-state index contributed by atoms with van der Waals surface area (Å²) in [5, 5.41) is 14.9. The lowest BCUT2D eigenvalue weighted by Crippen LogP contribution is -2.20. The fourth-order valence-corrected chi connectivity index (χ4v) is 4.68. The van der Waals surface area contributed by atoms with E-state index in [2.05, 4.69) is 5.10 Å². The molecule has 0 fully saturated rings. The summed E-state index contributed by atoms with van der Waals surface area (Å²) >= 11 is 0. The molecule has 0 spiro atoms. The Kier molecular flexibility index (Phi) is 7.32. The molecule has 0 atom stereocenters. The highest BCUT2D eigenvalue weighted by molar-refractivity contribution is 5.89. The predicted octanol–water partition coefficient (Wildman–Crippen LogP) is 5.99. The highest BCUT2D eigenvalue weighted by atomic mass is 16.5. The van der Waals surface area contributed by atoms with Crippen LogP contribution in [-0.4, -0.2) is 41.2 Å². The summed E-state index contributed by atoms with van der Waals surface area (Å²) < 4.78 is 24.4. The number of carboxylic acid groups (broad SMARTS) is 1. The van der Waals surface area contributed by atoms with Crippen molar-refractivity contribution in [1.29, 1.82) is 0 Å². The first-order valence-corrected chi connectivity index (χ1v) is 13.2. The van der Waals surface area contributed by atoms with Gasteiger partial charge in [0, 0.05) is 5.56 Å². The Morgan fingerprint density at radius 3 is 2.44 bits per heavy atom. The van der Waals surface area contributed by atoms with Crippen LogP contribution >= 0.6 is 0 Å². The van der Waals surface area contributed by atoms with Gasteiger partial charge in [0.2, 0.25) is 5.82 Å². The minimum atomic E-state index is -1.00. The molecule has 0 aliphatic rings.